The Kier molecular flexibility index (Phi) is 5.13. The lowest BCUT2D eigenvalue weighted by Crippen LogP contribution is -2.54. The van der Waals surface area contributed by atoms with Crippen LogP contribution in [0, 0.1) is 5.82 Å². The van der Waals surface area contributed by atoms with Crippen LogP contribution in [0.3, 0.4) is 0 Å². The summed E-state index contributed by atoms with van der Waals surface area (Å²) in [5.41, 5.74) is -0.233. The van der Waals surface area contributed by atoms with Crippen molar-refractivity contribution in [2.75, 3.05) is 12.4 Å². The molecule has 1 amide bonds. The Morgan fingerprint density at radius 1 is 1.22 bits per heavy atom. The van der Waals surface area contributed by atoms with Crippen molar-refractivity contribution < 1.29 is 41.4 Å². The molecule has 1 fully saturated rings. The van der Waals surface area contributed by atoms with E-state index in [9.17, 15) is 31.9 Å². The number of ether oxygens (including phenoxy) is 2. The Hall–Kier alpha value is -2.56. The lowest BCUT2D eigenvalue weighted by molar-refractivity contribution is -0.201. The van der Waals surface area contributed by atoms with E-state index < -0.39 is 40.9 Å². The van der Waals surface area contributed by atoms with Crippen LogP contribution >= 0.6 is 11.8 Å². The first-order valence-corrected chi connectivity index (χ1v) is 8.59. The van der Waals surface area contributed by atoms with E-state index in [4.69, 9.17) is 4.74 Å². The van der Waals surface area contributed by atoms with Crippen LogP contribution in [-0.2, 0) is 19.1 Å². The third-order valence-electron chi connectivity index (χ3n) is 3.77. The number of hydrogen-bond donors (Lipinski definition) is 0. The Morgan fingerprint density at radius 3 is 2.48 bits per heavy atom. The van der Waals surface area contributed by atoms with Crippen molar-refractivity contribution >= 4 is 29.6 Å². The van der Waals surface area contributed by atoms with Crippen LogP contribution in [0.15, 0.2) is 35.5 Å². The van der Waals surface area contributed by atoms with Gasteiger partial charge in [0.1, 0.15) is 23.9 Å². The van der Waals surface area contributed by atoms with Gasteiger partial charge in [-0.05, 0) is 24.3 Å². The maximum absolute atomic E-state index is 12.9. The molecule has 1 aromatic carbocycles. The highest BCUT2D eigenvalue weighted by molar-refractivity contribution is 8.00. The first-order valence-electron chi connectivity index (χ1n) is 7.54. The zero-order chi connectivity index (χ0) is 19.8. The summed E-state index contributed by atoms with van der Waals surface area (Å²) in [6.07, 6.45) is -5.22. The van der Waals surface area contributed by atoms with Crippen molar-refractivity contribution in [2.45, 2.75) is 18.0 Å². The first-order chi connectivity index (χ1) is 12.7. The topological polar surface area (TPSA) is 72.9 Å². The number of carbonyl (C=O) groups excluding carboxylic acids is 3. The molecule has 144 valence electrons. The summed E-state index contributed by atoms with van der Waals surface area (Å²) in [4.78, 5) is 35.9. The number of nitrogens with zero attached hydrogens (tertiary/aromatic N) is 1. The number of fused-ring (bicyclic) bond motifs is 1. The van der Waals surface area contributed by atoms with E-state index in [0.717, 1.165) is 17.0 Å². The van der Waals surface area contributed by atoms with Gasteiger partial charge in [-0.3, -0.25) is 9.69 Å². The number of benzene rings is 1. The summed E-state index contributed by atoms with van der Waals surface area (Å²) in [6, 6.07) is 4.94. The average Bonchev–Trinajstić information content (AvgIpc) is 2.59. The highest BCUT2D eigenvalue weighted by Crippen LogP contribution is 2.40. The molecule has 27 heavy (non-hydrogen) atoms. The number of carbonyl (C=O) groups is 3. The highest BCUT2D eigenvalue weighted by Gasteiger charge is 2.48. The molecule has 0 aromatic heterocycles. The molecular formula is C16H11F4NO5S. The summed E-state index contributed by atoms with van der Waals surface area (Å²) in [7, 11) is 0. The molecule has 2 aliphatic heterocycles. The van der Waals surface area contributed by atoms with E-state index in [-0.39, 0.29) is 30.1 Å². The highest BCUT2D eigenvalue weighted by atomic mass is 32.2. The van der Waals surface area contributed by atoms with Gasteiger partial charge in [0.2, 0.25) is 5.91 Å². The number of hydrogen-bond acceptors (Lipinski definition) is 6. The molecule has 2 heterocycles. The first kappa shape index (κ1) is 19.2. The lowest BCUT2D eigenvalue weighted by atomic mass is 10.1. The summed E-state index contributed by atoms with van der Waals surface area (Å²) in [6.45, 7) is -0.250. The van der Waals surface area contributed by atoms with Gasteiger partial charge in [-0.15, -0.1) is 11.8 Å². The molecule has 1 atom stereocenters. The van der Waals surface area contributed by atoms with Crippen LogP contribution in [0.25, 0.3) is 0 Å². The van der Waals surface area contributed by atoms with Gasteiger partial charge in [-0.25, -0.2) is 14.0 Å². The van der Waals surface area contributed by atoms with E-state index in [0.29, 0.717) is 0 Å². The molecule has 1 unspecified atom stereocenters. The fraction of sp³-hybridized carbons (Fsp3) is 0.312. The van der Waals surface area contributed by atoms with Crippen molar-refractivity contribution in [3.63, 3.8) is 0 Å². The van der Waals surface area contributed by atoms with E-state index in [1.807, 2.05) is 0 Å². The van der Waals surface area contributed by atoms with Crippen LogP contribution in [0.2, 0.25) is 0 Å². The number of thioether (sulfide) groups is 1. The molecule has 0 radical (unpaired) electrons. The van der Waals surface area contributed by atoms with E-state index in [1.54, 1.807) is 0 Å². The fourth-order valence-corrected chi connectivity index (χ4v) is 3.72. The van der Waals surface area contributed by atoms with Gasteiger partial charge in [0.25, 0.3) is 0 Å². The molecule has 0 bridgehead atoms. The van der Waals surface area contributed by atoms with Crippen LogP contribution in [0.4, 0.5) is 17.6 Å². The zero-order valence-corrected chi connectivity index (χ0v) is 14.2. The van der Waals surface area contributed by atoms with Crippen molar-refractivity contribution in [3.05, 3.63) is 41.4 Å². The molecule has 0 saturated carbocycles. The van der Waals surface area contributed by atoms with Crippen molar-refractivity contribution in [1.29, 1.82) is 0 Å². The molecule has 0 aliphatic carbocycles. The number of rotatable bonds is 4. The normalized spacial score (nSPS) is 19.3. The second-order valence-electron chi connectivity index (χ2n) is 5.60. The van der Waals surface area contributed by atoms with Gasteiger partial charge < -0.3 is 9.47 Å². The van der Waals surface area contributed by atoms with Gasteiger partial charge in [0.15, 0.2) is 0 Å². The average molecular weight is 405 g/mol. The van der Waals surface area contributed by atoms with E-state index in [1.165, 1.54) is 23.9 Å². The van der Waals surface area contributed by atoms with Gasteiger partial charge in [-0.1, -0.05) is 0 Å². The molecule has 0 N–H and O–H groups in total. The minimum Gasteiger partial charge on any atom is -0.489 e. The maximum Gasteiger partial charge on any atom is 0.491 e. The SMILES string of the molecule is O=C(OC(=O)C(F)(F)F)C1=C(COc2ccc(F)cc2)CSC2CC(=O)N12. The lowest BCUT2D eigenvalue weighted by Gasteiger charge is -2.44. The van der Waals surface area contributed by atoms with Crippen molar-refractivity contribution in [3.8, 4) is 5.75 Å². The standard InChI is InChI=1S/C16H11F4NO5S/c17-9-1-3-10(4-2-9)25-6-8-7-27-12-5-11(22)21(12)13(8)14(23)26-15(24)16(18,19)20/h1-4,12H,5-7H2. The summed E-state index contributed by atoms with van der Waals surface area (Å²) in [5, 5.41) is -0.407. The summed E-state index contributed by atoms with van der Waals surface area (Å²) >= 11 is 1.30. The molecule has 11 heteroatoms. The second kappa shape index (κ2) is 7.22. The quantitative estimate of drug-likeness (QED) is 0.332. The smallest absolute Gasteiger partial charge is 0.489 e. The number of halogens is 4. The summed E-state index contributed by atoms with van der Waals surface area (Å²) < 4.78 is 59.3. The number of esters is 2. The summed E-state index contributed by atoms with van der Waals surface area (Å²) in [5.74, 6) is -4.74. The van der Waals surface area contributed by atoms with Gasteiger partial charge in [-0.2, -0.15) is 13.2 Å². The van der Waals surface area contributed by atoms with Crippen LogP contribution in [-0.4, -0.2) is 46.7 Å². The van der Waals surface area contributed by atoms with Crippen LogP contribution in [0.1, 0.15) is 6.42 Å². The number of β-lactam (4-membered cyclic amide) rings is 1. The molecule has 2 aliphatic rings. The second-order valence-corrected chi connectivity index (χ2v) is 6.77. The Labute approximate surface area is 154 Å². The molecule has 1 aromatic rings. The number of amides is 1. The van der Waals surface area contributed by atoms with E-state index >= 15 is 0 Å². The van der Waals surface area contributed by atoms with Gasteiger partial charge >= 0.3 is 18.1 Å². The Balaban J connectivity index is 1.82. The molecule has 1 saturated heterocycles. The molecule has 0 spiro atoms. The Bertz CT molecular complexity index is 821. The van der Waals surface area contributed by atoms with Gasteiger partial charge in [0, 0.05) is 11.3 Å². The monoisotopic (exact) mass is 405 g/mol. The van der Waals surface area contributed by atoms with E-state index in [2.05, 4.69) is 4.74 Å². The van der Waals surface area contributed by atoms with Crippen molar-refractivity contribution in [2.24, 2.45) is 0 Å². The molecular weight excluding hydrogens is 394 g/mol. The molecule has 3 rings (SSSR count). The predicted octanol–water partition coefficient (Wildman–Crippen LogP) is 2.40. The maximum atomic E-state index is 12.9. The third-order valence-corrected chi connectivity index (χ3v) is 5.05. The largest absolute Gasteiger partial charge is 0.491 e. The fourth-order valence-electron chi connectivity index (χ4n) is 2.47. The van der Waals surface area contributed by atoms with Crippen LogP contribution < -0.4 is 4.74 Å². The van der Waals surface area contributed by atoms with Crippen LogP contribution in [0.5, 0.6) is 5.75 Å². The minimum absolute atomic E-state index is 0.126. The predicted molar refractivity (Wildman–Crippen MR) is 83.8 cm³/mol. The Morgan fingerprint density at radius 2 is 1.89 bits per heavy atom. The zero-order valence-electron chi connectivity index (χ0n) is 13.4. The third kappa shape index (κ3) is 4.07. The minimum atomic E-state index is -5.34. The molecule has 6 nitrogen and oxygen atoms in total. The van der Waals surface area contributed by atoms with Crippen molar-refractivity contribution in [1.82, 2.24) is 4.90 Å². The van der Waals surface area contributed by atoms with Gasteiger partial charge in [0.05, 0.1) is 11.8 Å². The number of alkyl halides is 3.